The van der Waals surface area contributed by atoms with E-state index in [1.807, 2.05) is 13.0 Å². The van der Waals surface area contributed by atoms with Gasteiger partial charge in [-0.05, 0) is 18.6 Å². The van der Waals surface area contributed by atoms with Gasteiger partial charge in [0.15, 0.2) is 0 Å². The summed E-state index contributed by atoms with van der Waals surface area (Å²) in [5.41, 5.74) is 0.857. The Balaban J connectivity index is 3.47. The quantitative estimate of drug-likeness (QED) is 0.749. The van der Waals surface area contributed by atoms with E-state index in [4.69, 9.17) is 16.4 Å². The lowest BCUT2D eigenvalue weighted by Gasteiger charge is -2.05. The highest BCUT2D eigenvalue weighted by Gasteiger charge is 2.09. The van der Waals surface area contributed by atoms with Crippen LogP contribution in [0.1, 0.15) is 5.56 Å². The molecule has 0 amide bonds. The molecule has 0 aliphatic carbocycles. The molecule has 0 aliphatic heterocycles. The van der Waals surface area contributed by atoms with E-state index in [9.17, 15) is 4.21 Å². The van der Waals surface area contributed by atoms with Crippen LogP contribution in [0.2, 0.25) is 5.02 Å². The second-order valence-electron chi connectivity index (χ2n) is 2.73. The van der Waals surface area contributed by atoms with E-state index >= 15 is 0 Å². The van der Waals surface area contributed by atoms with Crippen LogP contribution >= 0.6 is 11.6 Å². The normalized spacial score (nSPS) is 15.6. The SMILES string of the molecule is Cc1cccc(S(C)(=N)=O)c1Cl. The van der Waals surface area contributed by atoms with Gasteiger partial charge in [-0.15, -0.1) is 0 Å². The van der Waals surface area contributed by atoms with Gasteiger partial charge in [-0.2, -0.15) is 0 Å². The Morgan fingerprint density at radius 1 is 1.50 bits per heavy atom. The first kappa shape index (κ1) is 9.55. The number of hydrogen-bond acceptors (Lipinski definition) is 2. The van der Waals surface area contributed by atoms with Gasteiger partial charge in [-0.3, -0.25) is 0 Å². The average molecular weight is 204 g/mol. The molecule has 1 unspecified atom stereocenters. The van der Waals surface area contributed by atoms with Gasteiger partial charge in [-0.25, -0.2) is 8.99 Å². The topological polar surface area (TPSA) is 40.9 Å². The monoisotopic (exact) mass is 203 g/mol. The Morgan fingerprint density at radius 3 is 2.50 bits per heavy atom. The smallest absolute Gasteiger partial charge is 0.0711 e. The zero-order valence-electron chi connectivity index (χ0n) is 6.93. The molecule has 0 spiro atoms. The maximum Gasteiger partial charge on any atom is 0.0711 e. The lowest BCUT2D eigenvalue weighted by Crippen LogP contribution is -1.96. The Kier molecular flexibility index (Phi) is 2.44. The van der Waals surface area contributed by atoms with Crippen LogP contribution in [0, 0.1) is 11.7 Å². The molecule has 0 aromatic heterocycles. The van der Waals surface area contributed by atoms with E-state index in [0.29, 0.717) is 9.92 Å². The third-order valence-electron chi connectivity index (χ3n) is 1.58. The minimum absolute atomic E-state index is 0.421. The largest absolute Gasteiger partial charge is 0.249 e. The molecule has 0 heterocycles. The summed E-state index contributed by atoms with van der Waals surface area (Å²) >= 11 is 5.88. The van der Waals surface area contributed by atoms with E-state index in [0.717, 1.165) is 5.56 Å². The maximum atomic E-state index is 11.3. The highest BCUT2D eigenvalue weighted by Crippen LogP contribution is 2.24. The molecule has 0 radical (unpaired) electrons. The van der Waals surface area contributed by atoms with Gasteiger partial charge in [0.2, 0.25) is 0 Å². The Bertz CT molecular complexity index is 398. The Morgan fingerprint density at radius 2 is 2.08 bits per heavy atom. The standard InChI is InChI=1S/C8H10ClNOS/c1-6-4-3-5-7(8(6)9)12(2,10)11/h3-5,10H,1-2H3. The molecule has 2 nitrogen and oxygen atoms in total. The van der Waals surface area contributed by atoms with Crippen molar-refractivity contribution in [2.24, 2.45) is 0 Å². The molecular weight excluding hydrogens is 194 g/mol. The second kappa shape index (κ2) is 3.07. The summed E-state index contributed by atoms with van der Waals surface area (Å²) in [6.07, 6.45) is 1.37. The summed E-state index contributed by atoms with van der Waals surface area (Å²) in [7, 11) is -2.69. The van der Waals surface area contributed by atoms with Crippen molar-refractivity contribution in [1.82, 2.24) is 0 Å². The van der Waals surface area contributed by atoms with Gasteiger partial charge in [0.1, 0.15) is 0 Å². The molecule has 1 aromatic carbocycles. The second-order valence-corrected chi connectivity index (χ2v) is 5.24. The van der Waals surface area contributed by atoms with Crippen LogP contribution in [0.3, 0.4) is 0 Å². The summed E-state index contributed by atoms with van der Waals surface area (Å²) < 4.78 is 18.7. The van der Waals surface area contributed by atoms with Gasteiger partial charge in [-0.1, -0.05) is 23.7 Å². The molecule has 1 atom stereocenters. The van der Waals surface area contributed by atoms with Crippen LogP contribution in [-0.4, -0.2) is 10.5 Å². The Hall–Kier alpha value is -0.540. The molecule has 1 N–H and O–H groups in total. The van der Waals surface area contributed by atoms with Crippen LogP contribution in [-0.2, 0) is 9.73 Å². The van der Waals surface area contributed by atoms with Crippen molar-refractivity contribution in [3.63, 3.8) is 0 Å². The molecule has 12 heavy (non-hydrogen) atoms. The zero-order valence-corrected chi connectivity index (χ0v) is 8.50. The van der Waals surface area contributed by atoms with Crippen LogP contribution in [0.15, 0.2) is 23.1 Å². The van der Waals surface area contributed by atoms with Crippen molar-refractivity contribution in [3.8, 4) is 0 Å². The molecule has 0 saturated carbocycles. The van der Waals surface area contributed by atoms with Gasteiger partial charge in [0.05, 0.1) is 19.6 Å². The number of hydrogen-bond donors (Lipinski definition) is 1. The summed E-state index contributed by atoms with van der Waals surface area (Å²) in [5, 5.41) is 0.444. The molecule has 1 aromatic rings. The first-order valence-electron chi connectivity index (χ1n) is 3.42. The lowest BCUT2D eigenvalue weighted by molar-refractivity contribution is 0.679. The number of benzene rings is 1. The fourth-order valence-corrected chi connectivity index (χ4v) is 2.33. The molecule has 0 saturated heterocycles. The van der Waals surface area contributed by atoms with Crippen molar-refractivity contribution in [1.29, 1.82) is 4.78 Å². The summed E-state index contributed by atoms with van der Waals surface area (Å²) in [4.78, 5) is 0.421. The van der Waals surface area contributed by atoms with Crippen molar-refractivity contribution in [3.05, 3.63) is 28.8 Å². The van der Waals surface area contributed by atoms with Gasteiger partial charge in [0, 0.05) is 6.26 Å². The number of nitrogens with one attached hydrogen (secondary N) is 1. The van der Waals surface area contributed by atoms with Gasteiger partial charge in [0.25, 0.3) is 0 Å². The molecule has 0 bridgehead atoms. The third kappa shape index (κ3) is 1.79. The fourth-order valence-electron chi connectivity index (χ4n) is 0.921. The van der Waals surface area contributed by atoms with Crippen molar-refractivity contribution < 1.29 is 4.21 Å². The summed E-state index contributed by atoms with van der Waals surface area (Å²) in [5.74, 6) is 0. The lowest BCUT2D eigenvalue weighted by atomic mass is 10.2. The minimum atomic E-state index is -2.69. The number of aryl methyl sites for hydroxylation is 1. The molecule has 4 heteroatoms. The van der Waals surface area contributed by atoms with Crippen molar-refractivity contribution in [2.45, 2.75) is 11.8 Å². The number of rotatable bonds is 1. The minimum Gasteiger partial charge on any atom is -0.249 e. The van der Waals surface area contributed by atoms with Crippen molar-refractivity contribution >= 4 is 21.3 Å². The Labute approximate surface area is 77.5 Å². The highest BCUT2D eigenvalue weighted by atomic mass is 35.5. The third-order valence-corrected chi connectivity index (χ3v) is 3.37. The van der Waals surface area contributed by atoms with E-state index in [1.54, 1.807) is 12.1 Å². The molecule has 66 valence electrons. The average Bonchev–Trinajstić information content (AvgIpc) is 1.92. The van der Waals surface area contributed by atoms with Crippen LogP contribution in [0.5, 0.6) is 0 Å². The molecule has 0 fully saturated rings. The molecular formula is C8H10ClNOS. The van der Waals surface area contributed by atoms with Crippen LogP contribution in [0.25, 0.3) is 0 Å². The van der Waals surface area contributed by atoms with Crippen LogP contribution < -0.4 is 0 Å². The summed E-state index contributed by atoms with van der Waals surface area (Å²) in [6, 6.07) is 5.22. The van der Waals surface area contributed by atoms with Gasteiger partial charge >= 0.3 is 0 Å². The van der Waals surface area contributed by atoms with E-state index < -0.39 is 9.73 Å². The predicted octanol–water partition coefficient (Wildman–Crippen LogP) is 2.68. The molecule has 1 rings (SSSR count). The zero-order chi connectivity index (χ0) is 9.35. The molecule has 0 aliphatic rings. The van der Waals surface area contributed by atoms with Gasteiger partial charge < -0.3 is 0 Å². The van der Waals surface area contributed by atoms with E-state index in [-0.39, 0.29) is 0 Å². The van der Waals surface area contributed by atoms with E-state index in [1.165, 1.54) is 6.26 Å². The first-order chi connectivity index (χ1) is 5.43. The maximum absolute atomic E-state index is 11.3. The van der Waals surface area contributed by atoms with Crippen molar-refractivity contribution in [2.75, 3.05) is 6.26 Å². The summed E-state index contributed by atoms with van der Waals surface area (Å²) in [6.45, 7) is 1.83. The van der Waals surface area contributed by atoms with Crippen LogP contribution in [0.4, 0.5) is 0 Å². The fraction of sp³-hybridized carbons (Fsp3) is 0.250. The van der Waals surface area contributed by atoms with E-state index in [2.05, 4.69) is 0 Å². The highest BCUT2D eigenvalue weighted by molar-refractivity contribution is 7.91. The predicted molar refractivity (Wildman–Crippen MR) is 51.2 cm³/mol. The first-order valence-corrected chi connectivity index (χ1v) is 5.76. The number of halogens is 1.